The van der Waals surface area contributed by atoms with Gasteiger partial charge in [0.2, 0.25) is 0 Å². The van der Waals surface area contributed by atoms with Crippen molar-refractivity contribution in [1.29, 1.82) is 0 Å². The molecule has 0 fully saturated rings. The highest BCUT2D eigenvalue weighted by molar-refractivity contribution is 8.01. The molecule has 0 radical (unpaired) electrons. The van der Waals surface area contributed by atoms with E-state index in [9.17, 15) is 19.7 Å². The van der Waals surface area contributed by atoms with E-state index in [1.807, 2.05) is 43.3 Å². The lowest BCUT2D eigenvalue weighted by atomic mass is 9.95. The van der Waals surface area contributed by atoms with Crippen molar-refractivity contribution in [2.24, 2.45) is 4.99 Å². The van der Waals surface area contributed by atoms with E-state index in [1.54, 1.807) is 42.7 Å². The van der Waals surface area contributed by atoms with Gasteiger partial charge in [-0.3, -0.25) is 19.5 Å². The van der Waals surface area contributed by atoms with E-state index in [1.165, 1.54) is 46.6 Å². The summed E-state index contributed by atoms with van der Waals surface area (Å²) in [6, 6.07) is 15.1. The molecule has 6 rings (SSSR count). The zero-order chi connectivity index (χ0) is 31.1. The normalized spacial score (nSPS) is 14.9. The van der Waals surface area contributed by atoms with Crippen LogP contribution in [0.15, 0.2) is 89.5 Å². The summed E-state index contributed by atoms with van der Waals surface area (Å²) in [6.07, 6.45) is 1.66. The number of fused-ring (bicyclic) bond motifs is 2. The van der Waals surface area contributed by atoms with Crippen LogP contribution in [-0.4, -0.2) is 41.1 Å². The maximum absolute atomic E-state index is 13.9. The number of hydrogen-bond donors (Lipinski definition) is 0. The monoisotopic (exact) mass is 647 g/mol. The van der Waals surface area contributed by atoms with Gasteiger partial charge in [-0.05, 0) is 61.5 Å². The largest absolute Gasteiger partial charge is 0.463 e. The van der Waals surface area contributed by atoms with Crippen molar-refractivity contribution in [3.05, 3.63) is 107 Å². The lowest BCUT2D eigenvalue weighted by Crippen LogP contribution is -2.39. The van der Waals surface area contributed by atoms with Crippen LogP contribution in [0, 0.1) is 10.1 Å². The van der Waals surface area contributed by atoms with Crippen LogP contribution < -0.4 is 19.8 Å². The van der Waals surface area contributed by atoms with Gasteiger partial charge in [0.15, 0.2) is 14.2 Å². The van der Waals surface area contributed by atoms with Gasteiger partial charge in [-0.15, -0.1) is 11.3 Å². The summed E-state index contributed by atoms with van der Waals surface area (Å²) in [5.74, 6) is -0.0513. The lowest BCUT2D eigenvalue weighted by molar-refractivity contribution is -0.384. The fraction of sp³-hybridized carbons (Fsp3) is 0.200. The summed E-state index contributed by atoms with van der Waals surface area (Å²) in [5, 5.41) is 11.7. The quantitative estimate of drug-likeness (QED) is 0.128. The Balaban J connectivity index is 1.36. The molecular formula is C30H25N5O6S3. The minimum absolute atomic E-state index is 0.0110. The number of thiazole rings is 2. The number of esters is 1. The summed E-state index contributed by atoms with van der Waals surface area (Å²) >= 11 is 3.84. The molecule has 0 spiro atoms. The lowest BCUT2D eigenvalue weighted by Gasteiger charge is -2.25. The van der Waals surface area contributed by atoms with E-state index in [-0.39, 0.29) is 17.9 Å². The molecule has 2 aromatic carbocycles. The zero-order valence-electron chi connectivity index (χ0n) is 24.0. The number of hydrogen-bond acceptors (Lipinski definition) is 12. The number of allylic oxidation sites excluding steroid dienone is 1. The van der Waals surface area contributed by atoms with E-state index >= 15 is 0 Å². The second-order valence-electron chi connectivity index (χ2n) is 9.94. The minimum atomic E-state index is -0.707. The smallest absolute Gasteiger partial charge is 0.338 e. The van der Waals surface area contributed by atoms with E-state index in [0.29, 0.717) is 46.0 Å². The van der Waals surface area contributed by atoms with Crippen molar-refractivity contribution in [3.8, 4) is 0 Å². The Morgan fingerprint density at radius 2 is 1.95 bits per heavy atom. The van der Waals surface area contributed by atoms with Crippen molar-refractivity contribution in [2.75, 3.05) is 25.6 Å². The van der Waals surface area contributed by atoms with Crippen LogP contribution in [0.1, 0.15) is 31.2 Å². The first-order chi connectivity index (χ1) is 21.1. The molecule has 14 heteroatoms. The molecule has 44 heavy (non-hydrogen) atoms. The maximum atomic E-state index is 13.9. The molecule has 0 saturated heterocycles. The van der Waals surface area contributed by atoms with Crippen molar-refractivity contribution in [2.45, 2.75) is 29.3 Å². The third kappa shape index (κ3) is 5.58. The van der Waals surface area contributed by atoms with Crippen molar-refractivity contribution < 1.29 is 18.9 Å². The number of benzene rings is 2. The van der Waals surface area contributed by atoms with Gasteiger partial charge < -0.3 is 14.1 Å². The third-order valence-corrected chi connectivity index (χ3v) is 9.85. The van der Waals surface area contributed by atoms with E-state index in [4.69, 9.17) is 9.15 Å². The Labute approximate surface area is 262 Å². The van der Waals surface area contributed by atoms with Crippen LogP contribution in [-0.2, 0) is 9.53 Å². The van der Waals surface area contributed by atoms with Crippen molar-refractivity contribution in [3.63, 3.8) is 0 Å². The number of furan rings is 1. The molecule has 1 atom stereocenters. The fourth-order valence-corrected chi connectivity index (χ4v) is 7.82. The minimum Gasteiger partial charge on any atom is -0.463 e. The molecule has 0 amide bonds. The number of nitrogens with zero attached hydrogens (tertiary/aromatic N) is 5. The highest BCUT2D eigenvalue weighted by Gasteiger charge is 2.33. The van der Waals surface area contributed by atoms with E-state index in [0.717, 1.165) is 11.3 Å². The summed E-state index contributed by atoms with van der Waals surface area (Å²) in [4.78, 5) is 49.3. The van der Waals surface area contributed by atoms with Gasteiger partial charge in [-0.1, -0.05) is 23.5 Å². The highest BCUT2D eigenvalue weighted by atomic mass is 32.2. The standard InChI is InChI=1S/C30H25N5O6S3/c1-5-40-28(37)25-16(2)31-29-34(26(25)17-6-8-18(9-7-17)33(3)4)27(36)23(42-29)15-20-11-13-24(41-20)44-30-32-21-12-10-19(35(38)39)14-22(21)43-30/h6-15,26H,5H2,1-4H3/b23-15-/t26-/m0/s1. The zero-order valence-corrected chi connectivity index (χ0v) is 26.4. The van der Waals surface area contributed by atoms with Crippen LogP contribution >= 0.6 is 34.4 Å². The SMILES string of the molecule is CCOC(=O)C1=C(C)N=c2s/c(=C\c3ccc(Sc4nc5ccc([N+](=O)[O-])cc5s4)o3)c(=O)n2[C@H]1c1ccc(N(C)C)cc1. The molecule has 3 aromatic heterocycles. The molecule has 11 nitrogen and oxygen atoms in total. The van der Waals surface area contributed by atoms with Gasteiger partial charge in [0.05, 0.1) is 43.6 Å². The number of aromatic nitrogens is 2. The fourth-order valence-electron chi connectivity index (χ4n) is 4.79. The number of rotatable bonds is 8. The molecule has 5 aromatic rings. The van der Waals surface area contributed by atoms with Gasteiger partial charge in [-0.2, -0.15) is 0 Å². The topological polar surface area (TPSA) is 133 Å². The number of nitro groups is 1. The Hall–Kier alpha value is -4.53. The molecule has 1 aliphatic rings. The average Bonchev–Trinajstić information content (AvgIpc) is 3.69. The number of carbonyl (C=O) groups is 1. The average molecular weight is 648 g/mol. The van der Waals surface area contributed by atoms with Crippen LogP contribution in [0.2, 0.25) is 0 Å². The maximum Gasteiger partial charge on any atom is 0.338 e. The van der Waals surface area contributed by atoms with Crippen LogP contribution in [0.25, 0.3) is 16.3 Å². The molecule has 0 aliphatic carbocycles. The van der Waals surface area contributed by atoms with Crippen LogP contribution in [0.5, 0.6) is 0 Å². The first-order valence-electron chi connectivity index (χ1n) is 13.4. The summed E-state index contributed by atoms with van der Waals surface area (Å²) in [7, 11) is 3.88. The van der Waals surface area contributed by atoms with Crippen LogP contribution in [0.3, 0.4) is 0 Å². The summed E-state index contributed by atoms with van der Waals surface area (Å²) < 4.78 is 14.7. The Morgan fingerprint density at radius 1 is 1.18 bits per heavy atom. The first kappa shape index (κ1) is 29.5. The second-order valence-corrected chi connectivity index (χ2v) is 13.2. The van der Waals surface area contributed by atoms with E-state index < -0.39 is 16.9 Å². The van der Waals surface area contributed by atoms with Gasteiger partial charge in [-0.25, -0.2) is 14.8 Å². The number of ether oxygens (including phenoxy) is 1. The summed E-state index contributed by atoms with van der Waals surface area (Å²) in [5.41, 5.74) is 2.94. The Bertz CT molecular complexity index is 2140. The first-order valence-corrected chi connectivity index (χ1v) is 15.9. The summed E-state index contributed by atoms with van der Waals surface area (Å²) in [6.45, 7) is 3.69. The molecule has 224 valence electrons. The number of nitro benzene ring substituents is 1. The molecule has 4 heterocycles. The van der Waals surface area contributed by atoms with Crippen molar-refractivity contribution in [1.82, 2.24) is 9.55 Å². The molecule has 0 unspecified atom stereocenters. The van der Waals surface area contributed by atoms with Gasteiger partial charge in [0.25, 0.3) is 11.2 Å². The molecular weight excluding hydrogens is 623 g/mol. The van der Waals surface area contributed by atoms with Crippen LogP contribution in [0.4, 0.5) is 11.4 Å². The van der Waals surface area contributed by atoms with Gasteiger partial charge >= 0.3 is 5.97 Å². The number of anilines is 1. The molecule has 0 N–H and O–H groups in total. The number of non-ortho nitro benzene ring substituents is 1. The second kappa shape index (κ2) is 11.9. The van der Waals surface area contributed by atoms with Gasteiger partial charge in [0.1, 0.15) is 5.76 Å². The van der Waals surface area contributed by atoms with E-state index in [2.05, 4.69) is 9.98 Å². The predicted octanol–water partition coefficient (Wildman–Crippen LogP) is 5.13. The van der Waals surface area contributed by atoms with Crippen molar-refractivity contribution >= 4 is 68.1 Å². The third-order valence-electron chi connectivity index (χ3n) is 6.87. The molecule has 0 saturated carbocycles. The molecule has 1 aliphatic heterocycles. The Kier molecular flexibility index (Phi) is 7.97. The Morgan fingerprint density at radius 3 is 2.66 bits per heavy atom. The number of carbonyl (C=O) groups excluding carboxylic acids is 1. The molecule has 0 bridgehead atoms. The predicted molar refractivity (Wildman–Crippen MR) is 170 cm³/mol. The highest BCUT2D eigenvalue weighted by Crippen LogP contribution is 2.36. The van der Waals surface area contributed by atoms with Gasteiger partial charge in [0, 0.05) is 38.0 Å².